The third kappa shape index (κ3) is 4.89. The normalized spacial score (nSPS) is 13.5. The molecule has 182 valence electrons. The Kier molecular flexibility index (Phi) is 6.34. The van der Waals surface area contributed by atoms with Crippen LogP contribution in [-0.4, -0.2) is 45.5 Å². The number of carbonyl (C=O) groups excluding carboxylic acids is 2. The number of aryl methyl sites for hydroxylation is 1. The van der Waals surface area contributed by atoms with Gasteiger partial charge in [-0.25, -0.2) is 9.59 Å². The number of benzene rings is 2. The first kappa shape index (κ1) is 24.0. The zero-order valence-electron chi connectivity index (χ0n) is 20.0. The minimum atomic E-state index is -1.27. The van der Waals surface area contributed by atoms with E-state index < -0.39 is 29.4 Å². The molecule has 4 rings (SSSR count). The van der Waals surface area contributed by atoms with Crippen molar-refractivity contribution in [2.75, 3.05) is 11.9 Å². The summed E-state index contributed by atoms with van der Waals surface area (Å²) in [5.74, 6) is -1.94. The highest BCUT2D eigenvalue weighted by Crippen LogP contribution is 2.44. The Hall–Kier alpha value is -4.14. The minimum Gasteiger partial charge on any atom is -0.476 e. The molecular formula is C26H28N4O5. The van der Waals surface area contributed by atoms with Crippen molar-refractivity contribution in [1.82, 2.24) is 15.1 Å². The highest BCUT2D eigenvalue weighted by atomic mass is 16.5. The van der Waals surface area contributed by atoms with Crippen molar-refractivity contribution in [3.8, 4) is 11.1 Å². The number of amides is 2. The maximum atomic E-state index is 13.1. The summed E-state index contributed by atoms with van der Waals surface area (Å²) in [5, 5.41) is 18.4. The molecule has 0 fully saturated rings. The SMILES string of the molecule is Cn1cc(NC(=O)[C@@H](NC(=O)OCC2c3ccccc3-c3ccccc32)C(C)(C)C)c(C(=O)O)n1. The summed E-state index contributed by atoms with van der Waals surface area (Å²) in [6.45, 7) is 5.50. The van der Waals surface area contributed by atoms with E-state index in [1.165, 1.54) is 10.9 Å². The molecule has 9 heteroatoms. The maximum absolute atomic E-state index is 13.1. The van der Waals surface area contributed by atoms with Gasteiger partial charge >= 0.3 is 12.1 Å². The van der Waals surface area contributed by atoms with E-state index in [0.717, 1.165) is 22.3 Å². The number of nitrogens with one attached hydrogen (secondary N) is 2. The number of hydrogen-bond acceptors (Lipinski definition) is 5. The number of nitrogens with zero attached hydrogens (tertiary/aromatic N) is 2. The molecule has 9 nitrogen and oxygen atoms in total. The molecule has 0 aliphatic heterocycles. The fraction of sp³-hybridized carbons (Fsp3) is 0.308. The highest BCUT2D eigenvalue weighted by molar-refractivity contribution is 6.02. The fourth-order valence-electron chi connectivity index (χ4n) is 4.38. The van der Waals surface area contributed by atoms with Crippen molar-refractivity contribution >= 4 is 23.7 Å². The Morgan fingerprint density at radius 3 is 2.17 bits per heavy atom. The first-order chi connectivity index (χ1) is 16.6. The Labute approximate surface area is 203 Å². The highest BCUT2D eigenvalue weighted by Gasteiger charge is 2.35. The van der Waals surface area contributed by atoms with Crippen LogP contribution in [0.4, 0.5) is 10.5 Å². The van der Waals surface area contributed by atoms with E-state index in [0.29, 0.717) is 0 Å². The van der Waals surface area contributed by atoms with Gasteiger partial charge in [-0.2, -0.15) is 5.10 Å². The third-order valence-corrected chi connectivity index (χ3v) is 6.02. The lowest BCUT2D eigenvalue weighted by Crippen LogP contribution is -2.51. The van der Waals surface area contributed by atoms with Gasteiger partial charge < -0.3 is 20.5 Å². The topological polar surface area (TPSA) is 123 Å². The van der Waals surface area contributed by atoms with Crippen LogP contribution in [0.3, 0.4) is 0 Å². The third-order valence-electron chi connectivity index (χ3n) is 6.02. The van der Waals surface area contributed by atoms with Crippen LogP contribution in [-0.2, 0) is 16.6 Å². The average molecular weight is 477 g/mol. The first-order valence-corrected chi connectivity index (χ1v) is 11.3. The number of aromatic carboxylic acids is 1. The Bertz CT molecular complexity index is 1250. The lowest BCUT2D eigenvalue weighted by atomic mass is 9.86. The van der Waals surface area contributed by atoms with Crippen LogP contribution in [0.2, 0.25) is 0 Å². The molecule has 2 amide bonds. The Morgan fingerprint density at radius 1 is 1.06 bits per heavy atom. The van der Waals surface area contributed by atoms with Crippen molar-refractivity contribution in [1.29, 1.82) is 0 Å². The number of ether oxygens (including phenoxy) is 1. The van der Waals surface area contributed by atoms with Crippen LogP contribution in [0.1, 0.15) is 48.3 Å². The molecule has 1 aromatic heterocycles. The second-order valence-electron chi connectivity index (χ2n) is 9.63. The van der Waals surface area contributed by atoms with Crippen LogP contribution in [0.15, 0.2) is 54.7 Å². The predicted molar refractivity (Wildman–Crippen MR) is 130 cm³/mol. The molecule has 0 saturated heterocycles. The van der Waals surface area contributed by atoms with Crippen LogP contribution in [0.25, 0.3) is 11.1 Å². The van der Waals surface area contributed by atoms with Gasteiger partial charge in [0.05, 0.1) is 5.69 Å². The van der Waals surface area contributed by atoms with Crippen molar-refractivity contribution < 1.29 is 24.2 Å². The predicted octanol–water partition coefficient (Wildman–Crippen LogP) is 4.01. The van der Waals surface area contributed by atoms with Gasteiger partial charge in [0, 0.05) is 19.2 Å². The molecule has 3 N–H and O–H groups in total. The summed E-state index contributed by atoms with van der Waals surface area (Å²) in [6.07, 6.45) is 0.667. The number of fused-ring (bicyclic) bond motifs is 3. The zero-order valence-corrected chi connectivity index (χ0v) is 20.0. The number of alkyl carbamates (subject to hydrolysis) is 1. The van der Waals surface area contributed by atoms with E-state index in [9.17, 15) is 19.5 Å². The smallest absolute Gasteiger partial charge is 0.407 e. The quantitative estimate of drug-likeness (QED) is 0.494. The van der Waals surface area contributed by atoms with Gasteiger partial charge in [-0.15, -0.1) is 0 Å². The molecule has 0 radical (unpaired) electrons. The largest absolute Gasteiger partial charge is 0.476 e. The van der Waals surface area contributed by atoms with Gasteiger partial charge in [-0.05, 0) is 27.7 Å². The summed E-state index contributed by atoms with van der Waals surface area (Å²) < 4.78 is 6.89. The molecule has 1 aliphatic rings. The van der Waals surface area contributed by atoms with Crippen molar-refractivity contribution in [2.45, 2.75) is 32.7 Å². The molecule has 3 aromatic rings. The zero-order chi connectivity index (χ0) is 25.3. The summed E-state index contributed by atoms with van der Waals surface area (Å²) in [5.41, 5.74) is 3.50. The van der Waals surface area contributed by atoms with E-state index in [2.05, 4.69) is 27.9 Å². The molecule has 1 heterocycles. The Balaban J connectivity index is 1.47. The number of carboxylic acids is 1. The minimum absolute atomic E-state index is 0.0496. The second kappa shape index (κ2) is 9.25. The van der Waals surface area contributed by atoms with Crippen LogP contribution >= 0.6 is 0 Å². The average Bonchev–Trinajstić information content (AvgIpc) is 3.32. The summed E-state index contributed by atoms with van der Waals surface area (Å²) in [6, 6.07) is 15.1. The van der Waals surface area contributed by atoms with Crippen molar-refractivity contribution in [3.05, 3.63) is 71.5 Å². The number of anilines is 1. The molecule has 35 heavy (non-hydrogen) atoms. The first-order valence-electron chi connectivity index (χ1n) is 11.3. The second-order valence-corrected chi connectivity index (χ2v) is 9.63. The maximum Gasteiger partial charge on any atom is 0.407 e. The summed E-state index contributed by atoms with van der Waals surface area (Å²) >= 11 is 0. The van der Waals surface area contributed by atoms with Gasteiger partial charge in [0.1, 0.15) is 12.6 Å². The van der Waals surface area contributed by atoms with Gasteiger partial charge in [0.2, 0.25) is 5.91 Å². The van der Waals surface area contributed by atoms with Crippen molar-refractivity contribution in [2.24, 2.45) is 12.5 Å². The molecule has 0 bridgehead atoms. The number of carboxylic acid groups (broad SMARTS) is 1. The van der Waals surface area contributed by atoms with Crippen LogP contribution in [0.5, 0.6) is 0 Å². The lowest BCUT2D eigenvalue weighted by Gasteiger charge is -2.30. The van der Waals surface area contributed by atoms with Gasteiger partial charge in [-0.3, -0.25) is 9.48 Å². The van der Waals surface area contributed by atoms with E-state index in [1.807, 2.05) is 36.4 Å². The lowest BCUT2D eigenvalue weighted by molar-refractivity contribution is -0.120. The number of carbonyl (C=O) groups is 3. The number of rotatable bonds is 6. The standard InChI is InChI=1S/C26H28N4O5/c1-26(2,3)22(23(31)27-20-13-30(4)29-21(20)24(32)33)28-25(34)35-14-19-17-11-7-5-9-15(17)16-10-6-8-12-18(16)19/h5-13,19,22H,14H2,1-4H3,(H,27,31)(H,28,34)(H,32,33)/t22-/m1/s1. The van der Waals surface area contributed by atoms with Crippen molar-refractivity contribution in [3.63, 3.8) is 0 Å². The fourth-order valence-corrected chi connectivity index (χ4v) is 4.38. The number of hydrogen-bond donors (Lipinski definition) is 3. The van der Waals surface area contributed by atoms with Crippen LogP contribution < -0.4 is 10.6 Å². The molecule has 1 aliphatic carbocycles. The Morgan fingerprint density at radius 2 is 1.63 bits per heavy atom. The molecule has 2 aromatic carbocycles. The van der Waals surface area contributed by atoms with Gasteiger partial charge in [-0.1, -0.05) is 69.3 Å². The van der Waals surface area contributed by atoms with Gasteiger partial charge in [0.25, 0.3) is 0 Å². The van der Waals surface area contributed by atoms with Crippen LogP contribution in [0, 0.1) is 5.41 Å². The summed E-state index contributed by atoms with van der Waals surface area (Å²) in [4.78, 5) is 37.3. The molecule has 0 spiro atoms. The van der Waals surface area contributed by atoms with E-state index in [4.69, 9.17) is 4.74 Å². The summed E-state index contributed by atoms with van der Waals surface area (Å²) in [7, 11) is 1.55. The van der Waals surface area contributed by atoms with Gasteiger partial charge in [0.15, 0.2) is 5.69 Å². The monoisotopic (exact) mass is 476 g/mol. The number of aromatic nitrogens is 2. The molecular weight excluding hydrogens is 448 g/mol. The molecule has 1 atom stereocenters. The molecule has 0 unspecified atom stereocenters. The van der Waals surface area contributed by atoms with E-state index in [1.54, 1.807) is 27.8 Å². The van der Waals surface area contributed by atoms with E-state index >= 15 is 0 Å². The molecule has 0 saturated carbocycles. The van der Waals surface area contributed by atoms with E-state index in [-0.39, 0.29) is 23.9 Å².